The van der Waals surface area contributed by atoms with Gasteiger partial charge < -0.3 is 29.7 Å². The van der Waals surface area contributed by atoms with Gasteiger partial charge in [-0.25, -0.2) is 14.6 Å². The van der Waals surface area contributed by atoms with Crippen molar-refractivity contribution in [2.75, 3.05) is 39.3 Å². The van der Waals surface area contributed by atoms with E-state index in [-0.39, 0.29) is 63.3 Å². The number of ether oxygens (including phenoxy) is 2. The van der Waals surface area contributed by atoms with Gasteiger partial charge in [0.1, 0.15) is 18.1 Å². The molecule has 2 heterocycles. The molecule has 37 heavy (non-hydrogen) atoms. The molecular weight excluding hydrogens is 480 g/mol. The first-order chi connectivity index (χ1) is 17.9. The molecule has 1 aromatic heterocycles. The molecule has 4 rings (SSSR count). The number of pyridine rings is 1. The third kappa shape index (κ3) is 6.72. The monoisotopic (exact) mass is 506 g/mol. The summed E-state index contributed by atoms with van der Waals surface area (Å²) in [7, 11) is 0. The fraction of sp³-hybridized carbons (Fsp3) is 0.269. The van der Waals surface area contributed by atoms with Crippen LogP contribution in [-0.4, -0.2) is 83.1 Å². The number of carboxylic acid groups (broad SMARTS) is 1. The molecule has 2 N–H and O–H groups in total. The van der Waals surface area contributed by atoms with Crippen LogP contribution in [0.3, 0.4) is 0 Å². The Bertz CT molecular complexity index is 1290. The smallest absolute Gasteiger partial charge is 0.407 e. The highest BCUT2D eigenvalue weighted by Crippen LogP contribution is 2.25. The molecule has 1 aliphatic rings. The lowest BCUT2D eigenvalue weighted by atomic mass is 10.1. The number of piperazine rings is 1. The SMILES string of the molecule is O=C(COc1cc(C(=O)NCC(=O)N2CCN(C(=O)O)CC2)nc2ccccc12)OCc1ccccc1. The van der Waals surface area contributed by atoms with E-state index in [0.717, 1.165) is 5.56 Å². The Morgan fingerprint density at radius 2 is 1.59 bits per heavy atom. The van der Waals surface area contributed by atoms with Crippen LogP contribution in [0.15, 0.2) is 60.7 Å². The van der Waals surface area contributed by atoms with Crippen molar-refractivity contribution in [2.45, 2.75) is 6.61 Å². The molecule has 192 valence electrons. The van der Waals surface area contributed by atoms with E-state index in [1.165, 1.54) is 15.9 Å². The number of benzene rings is 2. The Morgan fingerprint density at radius 3 is 2.32 bits per heavy atom. The standard InChI is InChI=1S/C26H26N4O7/c31-23(29-10-12-30(13-11-29)26(34)35)15-27-25(33)21-14-22(19-8-4-5-9-20(19)28-21)36-17-24(32)37-16-18-6-2-1-3-7-18/h1-9,14H,10-13,15-17H2,(H,27,33)(H,34,35). The van der Waals surface area contributed by atoms with E-state index in [0.29, 0.717) is 10.9 Å². The predicted octanol–water partition coefficient (Wildman–Crippen LogP) is 1.91. The summed E-state index contributed by atoms with van der Waals surface area (Å²) in [6.45, 7) is 0.449. The third-order valence-electron chi connectivity index (χ3n) is 5.80. The van der Waals surface area contributed by atoms with E-state index in [4.69, 9.17) is 14.6 Å². The number of nitrogens with one attached hydrogen (secondary N) is 1. The zero-order chi connectivity index (χ0) is 26.2. The van der Waals surface area contributed by atoms with Crippen molar-refractivity contribution in [1.82, 2.24) is 20.1 Å². The molecule has 3 amide bonds. The Balaban J connectivity index is 1.36. The van der Waals surface area contributed by atoms with Crippen LogP contribution in [0.4, 0.5) is 4.79 Å². The minimum absolute atomic E-state index is 0.0230. The second kappa shape index (κ2) is 11.8. The van der Waals surface area contributed by atoms with E-state index in [1.807, 2.05) is 30.3 Å². The van der Waals surface area contributed by atoms with Crippen molar-refractivity contribution < 1.29 is 33.8 Å². The number of para-hydroxylation sites is 1. The molecule has 1 fully saturated rings. The number of rotatable bonds is 8. The molecule has 1 aliphatic heterocycles. The van der Waals surface area contributed by atoms with Crippen LogP contribution in [0.1, 0.15) is 16.1 Å². The van der Waals surface area contributed by atoms with Gasteiger partial charge >= 0.3 is 12.1 Å². The van der Waals surface area contributed by atoms with Gasteiger partial charge in [-0.1, -0.05) is 42.5 Å². The van der Waals surface area contributed by atoms with Gasteiger partial charge in [-0.05, 0) is 17.7 Å². The molecule has 11 nitrogen and oxygen atoms in total. The summed E-state index contributed by atoms with van der Waals surface area (Å²) in [5, 5.41) is 12.2. The molecule has 0 spiro atoms. The normalized spacial score (nSPS) is 13.2. The van der Waals surface area contributed by atoms with Crippen LogP contribution in [0.25, 0.3) is 10.9 Å². The maximum absolute atomic E-state index is 12.8. The van der Waals surface area contributed by atoms with E-state index in [1.54, 1.807) is 24.3 Å². The number of amides is 3. The van der Waals surface area contributed by atoms with E-state index < -0.39 is 18.0 Å². The van der Waals surface area contributed by atoms with Crippen molar-refractivity contribution in [2.24, 2.45) is 0 Å². The zero-order valence-electron chi connectivity index (χ0n) is 20.0. The number of fused-ring (bicyclic) bond motifs is 1. The minimum atomic E-state index is -1.02. The Kier molecular flexibility index (Phi) is 8.14. The largest absolute Gasteiger partial charge is 0.481 e. The summed E-state index contributed by atoms with van der Waals surface area (Å²) < 4.78 is 10.9. The first kappa shape index (κ1) is 25.4. The van der Waals surface area contributed by atoms with E-state index in [2.05, 4.69) is 10.3 Å². The van der Waals surface area contributed by atoms with Crippen molar-refractivity contribution in [3.63, 3.8) is 0 Å². The first-order valence-corrected chi connectivity index (χ1v) is 11.7. The molecule has 0 radical (unpaired) electrons. The molecule has 0 bridgehead atoms. The summed E-state index contributed by atoms with van der Waals surface area (Å²) in [4.78, 5) is 55.6. The number of hydrogen-bond acceptors (Lipinski definition) is 7. The van der Waals surface area contributed by atoms with E-state index in [9.17, 15) is 19.2 Å². The molecule has 0 unspecified atom stereocenters. The van der Waals surface area contributed by atoms with Gasteiger partial charge in [-0.2, -0.15) is 0 Å². The third-order valence-corrected chi connectivity index (χ3v) is 5.80. The summed E-state index contributed by atoms with van der Waals surface area (Å²) in [5.74, 6) is -1.19. The zero-order valence-corrected chi connectivity index (χ0v) is 20.0. The number of aromatic nitrogens is 1. The number of carbonyl (C=O) groups is 4. The highest BCUT2D eigenvalue weighted by atomic mass is 16.6. The van der Waals surface area contributed by atoms with Gasteiger partial charge in [0.2, 0.25) is 5.91 Å². The first-order valence-electron chi connectivity index (χ1n) is 11.7. The maximum Gasteiger partial charge on any atom is 0.407 e. The second-order valence-corrected chi connectivity index (χ2v) is 8.29. The molecule has 0 saturated carbocycles. The van der Waals surface area contributed by atoms with Crippen LogP contribution < -0.4 is 10.1 Å². The van der Waals surface area contributed by atoms with Gasteiger partial charge in [0.25, 0.3) is 5.91 Å². The summed E-state index contributed by atoms with van der Waals surface area (Å²) in [6.07, 6.45) is -1.02. The van der Waals surface area contributed by atoms with Gasteiger partial charge in [0.15, 0.2) is 6.61 Å². The topological polar surface area (TPSA) is 138 Å². The highest BCUT2D eigenvalue weighted by molar-refractivity contribution is 5.98. The molecule has 0 aliphatic carbocycles. The molecular formula is C26H26N4O7. The van der Waals surface area contributed by atoms with Crippen LogP contribution >= 0.6 is 0 Å². The lowest BCUT2D eigenvalue weighted by Gasteiger charge is -2.33. The highest BCUT2D eigenvalue weighted by Gasteiger charge is 2.24. The maximum atomic E-state index is 12.8. The fourth-order valence-corrected chi connectivity index (χ4v) is 3.80. The quantitative estimate of drug-likeness (QED) is 0.442. The summed E-state index contributed by atoms with van der Waals surface area (Å²) >= 11 is 0. The van der Waals surface area contributed by atoms with Crippen molar-refractivity contribution in [1.29, 1.82) is 0 Å². The van der Waals surface area contributed by atoms with Crippen LogP contribution in [0.2, 0.25) is 0 Å². The molecule has 11 heteroatoms. The van der Waals surface area contributed by atoms with Crippen molar-refractivity contribution in [3.05, 3.63) is 71.9 Å². The lowest BCUT2D eigenvalue weighted by molar-refractivity contribution is -0.147. The summed E-state index contributed by atoms with van der Waals surface area (Å²) in [6, 6.07) is 17.7. The molecule has 3 aromatic rings. The molecule has 2 aromatic carbocycles. The second-order valence-electron chi connectivity index (χ2n) is 8.29. The van der Waals surface area contributed by atoms with E-state index >= 15 is 0 Å². The van der Waals surface area contributed by atoms with Crippen molar-refractivity contribution >= 4 is 34.8 Å². The minimum Gasteiger partial charge on any atom is -0.481 e. The van der Waals surface area contributed by atoms with Crippen LogP contribution in [0, 0.1) is 0 Å². The average Bonchev–Trinajstić information content (AvgIpc) is 2.93. The van der Waals surface area contributed by atoms with Gasteiger partial charge in [0, 0.05) is 37.6 Å². The van der Waals surface area contributed by atoms with Crippen molar-refractivity contribution in [3.8, 4) is 5.75 Å². The number of esters is 1. The lowest BCUT2D eigenvalue weighted by Crippen LogP contribution is -2.52. The molecule has 1 saturated heterocycles. The van der Waals surface area contributed by atoms with Gasteiger partial charge in [-0.15, -0.1) is 0 Å². The number of carbonyl (C=O) groups excluding carboxylic acids is 3. The molecule has 0 atom stereocenters. The fourth-order valence-electron chi connectivity index (χ4n) is 3.80. The number of hydrogen-bond donors (Lipinski definition) is 2. The van der Waals surface area contributed by atoms with Crippen LogP contribution in [0.5, 0.6) is 5.75 Å². The van der Waals surface area contributed by atoms with Crippen LogP contribution in [-0.2, 0) is 20.9 Å². The Hall–Kier alpha value is -4.67. The van der Waals surface area contributed by atoms with Gasteiger partial charge in [0.05, 0.1) is 12.1 Å². The Labute approximate surface area is 212 Å². The average molecular weight is 507 g/mol. The Morgan fingerprint density at radius 1 is 0.919 bits per heavy atom. The predicted molar refractivity (Wildman–Crippen MR) is 132 cm³/mol. The van der Waals surface area contributed by atoms with Gasteiger partial charge in [-0.3, -0.25) is 9.59 Å². The number of nitrogens with zero attached hydrogens (tertiary/aromatic N) is 3. The summed E-state index contributed by atoms with van der Waals surface area (Å²) in [5.41, 5.74) is 1.36.